The van der Waals surface area contributed by atoms with Gasteiger partial charge in [-0.25, -0.2) is 0 Å². The molecule has 0 aliphatic heterocycles. The maximum atomic E-state index is 3.48. The van der Waals surface area contributed by atoms with E-state index in [0.29, 0.717) is 12.0 Å². The first kappa shape index (κ1) is 14.8. The first-order valence-corrected chi connectivity index (χ1v) is 7.55. The quantitative estimate of drug-likeness (QED) is 0.789. The fourth-order valence-corrected chi connectivity index (χ4v) is 2.39. The van der Waals surface area contributed by atoms with Crippen molar-refractivity contribution in [2.24, 2.45) is 0 Å². The average Bonchev–Trinajstić information content (AvgIpc) is 2.48. The van der Waals surface area contributed by atoms with Gasteiger partial charge in [0.2, 0.25) is 0 Å². The molecule has 20 heavy (non-hydrogen) atoms. The minimum atomic E-state index is 0.572. The first-order valence-electron chi connectivity index (χ1n) is 7.55. The van der Waals surface area contributed by atoms with Gasteiger partial charge >= 0.3 is 0 Å². The molecular weight excluding hydrogens is 242 g/mol. The number of benzene rings is 2. The summed E-state index contributed by atoms with van der Waals surface area (Å²) in [6, 6.07) is 20.1. The van der Waals surface area contributed by atoms with E-state index in [2.05, 4.69) is 80.7 Å². The van der Waals surface area contributed by atoms with E-state index >= 15 is 0 Å². The molecule has 1 nitrogen and oxygen atoms in total. The molecule has 0 bridgehead atoms. The van der Waals surface area contributed by atoms with E-state index in [1.54, 1.807) is 0 Å². The second-order valence-corrected chi connectivity index (χ2v) is 5.79. The van der Waals surface area contributed by atoms with Gasteiger partial charge in [-0.3, -0.25) is 0 Å². The van der Waals surface area contributed by atoms with Gasteiger partial charge in [-0.1, -0.05) is 75.4 Å². The largest absolute Gasteiger partial charge is 0.315 e. The first-order chi connectivity index (χ1) is 9.66. The Kier molecular flexibility index (Phi) is 5.37. The van der Waals surface area contributed by atoms with Crippen LogP contribution in [0.5, 0.6) is 0 Å². The lowest BCUT2D eigenvalue weighted by molar-refractivity contribution is 0.541. The Labute approximate surface area is 123 Å². The molecule has 1 heteroatoms. The summed E-state index contributed by atoms with van der Waals surface area (Å²) in [6.07, 6.45) is 1.18. The standard InChI is InChI=1S/C19H25N/c1-15(2)20-14-13-16(3)17-9-11-19(12-10-17)18-7-5-4-6-8-18/h4-12,15-16,20H,13-14H2,1-3H3. The van der Waals surface area contributed by atoms with Gasteiger partial charge in [-0.15, -0.1) is 0 Å². The molecule has 106 valence electrons. The van der Waals surface area contributed by atoms with Gasteiger partial charge in [0.1, 0.15) is 0 Å². The van der Waals surface area contributed by atoms with E-state index in [1.807, 2.05) is 0 Å². The Hall–Kier alpha value is -1.60. The molecule has 0 amide bonds. The topological polar surface area (TPSA) is 12.0 Å². The summed E-state index contributed by atoms with van der Waals surface area (Å²) in [4.78, 5) is 0. The highest BCUT2D eigenvalue weighted by molar-refractivity contribution is 5.63. The normalized spacial score (nSPS) is 12.6. The third kappa shape index (κ3) is 4.21. The van der Waals surface area contributed by atoms with Crippen molar-refractivity contribution in [1.82, 2.24) is 5.32 Å². The van der Waals surface area contributed by atoms with Gasteiger partial charge in [-0.05, 0) is 35.6 Å². The lowest BCUT2D eigenvalue weighted by atomic mass is 9.95. The molecule has 0 heterocycles. The summed E-state index contributed by atoms with van der Waals surface area (Å²) in [7, 11) is 0. The molecule has 0 aliphatic rings. The molecule has 1 N–H and O–H groups in total. The molecule has 1 atom stereocenters. The van der Waals surface area contributed by atoms with Crippen LogP contribution < -0.4 is 5.32 Å². The predicted molar refractivity (Wildman–Crippen MR) is 88.0 cm³/mol. The molecule has 2 aromatic rings. The van der Waals surface area contributed by atoms with E-state index in [1.165, 1.54) is 23.1 Å². The van der Waals surface area contributed by atoms with E-state index in [-0.39, 0.29) is 0 Å². The number of hydrogen-bond donors (Lipinski definition) is 1. The molecule has 2 aromatic carbocycles. The fraction of sp³-hybridized carbons (Fsp3) is 0.368. The third-order valence-corrected chi connectivity index (χ3v) is 3.72. The zero-order chi connectivity index (χ0) is 14.4. The van der Waals surface area contributed by atoms with Crippen LogP contribution in [0.1, 0.15) is 38.7 Å². The van der Waals surface area contributed by atoms with Crippen LogP contribution in [0.4, 0.5) is 0 Å². The van der Waals surface area contributed by atoms with Gasteiger partial charge in [-0.2, -0.15) is 0 Å². The lowest BCUT2D eigenvalue weighted by Gasteiger charge is -2.14. The van der Waals surface area contributed by atoms with Crippen LogP contribution in [0.3, 0.4) is 0 Å². The number of nitrogens with one attached hydrogen (secondary N) is 1. The molecule has 0 saturated carbocycles. The van der Waals surface area contributed by atoms with Crippen molar-refractivity contribution in [3.05, 3.63) is 60.2 Å². The van der Waals surface area contributed by atoms with Crippen LogP contribution in [0.15, 0.2) is 54.6 Å². The predicted octanol–water partition coefficient (Wildman–Crippen LogP) is 4.85. The van der Waals surface area contributed by atoms with E-state index in [0.717, 1.165) is 6.54 Å². The molecule has 0 saturated heterocycles. The minimum Gasteiger partial charge on any atom is -0.315 e. The Bertz CT molecular complexity index is 499. The molecule has 0 fully saturated rings. The Morgan fingerprint density at radius 3 is 2.00 bits per heavy atom. The zero-order valence-corrected chi connectivity index (χ0v) is 12.8. The molecule has 0 aromatic heterocycles. The highest BCUT2D eigenvalue weighted by Gasteiger charge is 2.06. The molecule has 2 rings (SSSR count). The summed E-state index contributed by atoms with van der Waals surface area (Å²) in [5, 5.41) is 3.48. The minimum absolute atomic E-state index is 0.572. The van der Waals surface area contributed by atoms with E-state index in [4.69, 9.17) is 0 Å². The number of hydrogen-bond acceptors (Lipinski definition) is 1. The van der Waals surface area contributed by atoms with Gasteiger partial charge in [0.05, 0.1) is 0 Å². The maximum absolute atomic E-state index is 3.48. The van der Waals surface area contributed by atoms with Crippen LogP contribution in [-0.2, 0) is 0 Å². The van der Waals surface area contributed by atoms with Crippen molar-refractivity contribution in [2.75, 3.05) is 6.54 Å². The van der Waals surface area contributed by atoms with Crippen LogP contribution in [0.2, 0.25) is 0 Å². The van der Waals surface area contributed by atoms with Crippen molar-refractivity contribution >= 4 is 0 Å². The maximum Gasteiger partial charge on any atom is 0.00103 e. The van der Waals surface area contributed by atoms with Crippen LogP contribution in [0, 0.1) is 0 Å². The SMILES string of the molecule is CC(C)NCCC(C)c1ccc(-c2ccccc2)cc1. The highest BCUT2D eigenvalue weighted by atomic mass is 14.9. The van der Waals surface area contributed by atoms with Crippen molar-refractivity contribution < 1.29 is 0 Å². The number of rotatable bonds is 6. The molecule has 0 aliphatic carbocycles. The van der Waals surface area contributed by atoms with Crippen LogP contribution in [-0.4, -0.2) is 12.6 Å². The summed E-state index contributed by atoms with van der Waals surface area (Å²) in [6.45, 7) is 7.78. The van der Waals surface area contributed by atoms with Crippen LogP contribution >= 0.6 is 0 Å². The fourth-order valence-electron chi connectivity index (χ4n) is 2.39. The van der Waals surface area contributed by atoms with Gasteiger partial charge in [0.25, 0.3) is 0 Å². The lowest BCUT2D eigenvalue weighted by Crippen LogP contribution is -2.24. The zero-order valence-electron chi connectivity index (χ0n) is 12.8. The molecule has 1 unspecified atom stereocenters. The summed E-state index contributed by atoms with van der Waals surface area (Å²) in [5.41, 5.74) is 4.00. The van der Waals surface area contributed by atoms with Gasteiger partial charge < -0.3 is 5.32 Å². The van der Waals surface area contributed by atoms with Crippen LogP contribution in [0.25, 0.3) is 11.1 Å². The Balaban J connectivity index is 1.97. The summed E-state index contributed by atoms with van der Waals surface area (Å²) >= 11 is 0. The molecule has 0 radical (unpaired) electrons. The van der Waals surface area contributed by atoms with Gasteiger partial charge in [0, 0.05) is 6.04 Å². The smallest absolute Gasteiger partial charge is 0.00103 e. The van der Waals surface area contributed by atoms with Gasteiger partial charge in [0.15, 0.2) is 0 Å². The van der Waals surface area contributed by atoms with Crippen molar-refractivity contribution in [3.8, 4) is 11.1 Å². The second kappa shape index (κ2) is 7.25. The average molecular weight is 267 g/mol. The van der Waals surface area contributed by atoms with E-state index in [9.17, 15) is 0 Å². The Morgan fingerprint density at radius 2 is 1.40 bits per heavy atom. The molecular formula is C19H25N. The van der Waals surface area contributed by atoms with Crippen molar-refractivity contribution in [2.45, 2.75) is 39.2 Å². The second-order valence-electron chi connectivity index (χ2n) is 5.79. The molecule has 0 spiro atoms. The van der Waals surface area contributed by atoms with E-state index < -0.39 is 0 Å². The highest BCUT2D eigenvalue weighted by Crippen LogP contribution is 2.24. The van der Waals surface area contributed by atoms with Crippen molar-refractivity contribution in [1.29, 1.82) is 0 Å². The summed E-state index contributed by atoms with van der Waals surface area (Å²) < 4.78 is 0. The van der Waals surface area contributed by atoms with Crippen molar-refractivity contribution in [3.63, 3.8) is 0 Å². The third-order valence-electron chi connectivity index (χ3n) is 3.72. The summed E-state index contributed by atoms with van der Waals surface area (Å²) in [5.74, 6) is 0.603. The Morgan fingerprint density at radius 1 is 0.800 bits per heavy atom. The monoisotopic (exact) mass is 267 g/mol.